The van der Waals surface area contributed by atoms with Crippen molar-refractivity contribution in [1.82, 2.24) is 0 Å². The molecule has 0 saturated heterocycles. The van der Waals surface area contributed by atoms with Crippen molar-refractivity contribution in [3.8, 4) is 5.75 Å². The molecule has 1 atom stereocenters. The number of carbonyl (C=O) groups excluding carboxylic acids is 1. The topological polar surface area (TPSA) is 41.9 Å². The van der Waals surface area contributed by atoms with Crippen molar-refractivity contribution in [2.45, 2.75) is 38.6 Å². The van der Waals surface area contributed by atoms with Crippen LogP contribution in [0.1, 0.15) is 44.2 Å². The lowest BCUT2D eigenvalue weighted by Crippen LogP contribution is -2.50. The van der Waals surface area contributed by atoms with Crippen LogP contribution < -0.4 is 9.64 Å². The quantitative estimate of drug-likeness (QED) is 0.708. The molecule has 0 N–H and O–H groups in total. The smallest absolute Gasteiger partial charge is 0.278 e. The van der Waals surface area contributed by atoms with Crippen molar-refractivity contribution in [1.29, 1.82) is 0 Å². The Bertz CT molecular complexity index is 1000. The van der Waals surface area contributed by atoms with Crippen molar-refractivity contribution in [3.63, 3.8) is 0 Å². The van der Waals surface area contributed by atoms with Gasteiger partial charge in [0.1, 0.15) is 17.3 Å². The zero-order valence-electron chi connectivity index (χ0n) is 15.6. The van der Waals surface area contributed by atoms with E-state index in [1.807, 2.05) is 17.0 Å². The van der Waals surface area contributed by atoms with Crippen molar-refractivity contribution < 1.29 is 13.9 Å². The second-order valence-corrected chi connectivity index (χ2v) is 8.14. The molecule has 2 heterocycles. The summed E-state index contributed by atoms with van der Waals surface area (Å²) < 4.78 is 18.9. The zero-order valence-corrected chi connectivity index (χ0v) is 16.4. The van der Waals surface area contributed by atoms with Gasteiger partial charge in [-0.1, -0.05) is 18.5 Å². The molecule has 1 unspecified atom stereocenters. The van der Waals surface area contributed by atoms with Crippen LogP contribution in [0.4, 0.5) is 15.8 Å². The lowest BCUT2D eigenvalue weighted by Gasteiger charge is -2.43. The first kappa shape index (κ1) is 18.0. The van der Waals surface area contributed by atoms with Crippen molar-refractivity contribution >= 4 is 34.6 Å². The number of methoxy groups -OCH3 is 1. The summed E-state index contributed by atoms with van der Waals surface area (Å²) in [5.74, 6) is 0.302. The Kier molecular flexibility index (Phi) is 4.04. The van der Waals surface area contributed by atoms with E-state index in [0.29, 0.717) is 17.1 Å². The SMILES string of the molecule is COc1cc2c3c(c1)C(C)CC(C)(C)N3C(=O)C2=Nc1ccc(F)c(Cl)c1. The average molecular weight is 387 g/mol. The van der Waals surface area contributed by atoms with E-state index < -0.39 is 5.82 Å². The first-order chi connectivity index (χ1) is 12.7. The van der Waals surface area contributed by atoms with Crippen LogP contribution in [0.2, 0.25) is 5.02 Å². The first-order valence-corrected chi connectivity index (χ1v) is 9.21. The number of ether oxygens (including phenoxy) is 1. The second-order valence-electron chi connectivity index (χ2n) is 7.73. The number of nitrogens with zero attached hydrogens (tertiary/aromatic N) is 2. The molecule has 2 aliphatic heterocycles. The van der Waals surface area contributed by atoms with Crippen LogP contribution in [-0.4, -0.2) is 24.3 Å². The number of hydrogen-bond donors (Lipinski definition) is 0. The van der Waals surface area contributed by atoms with Crippen molar-refractivity contribution in [2.24, 2.45) is 4.99 Å². The summed E-state index contributed by atoms with van der Waals surface area (Å²) in [6.45, 7) is 6.29. The number of aliphatic imine (C=N–C) groups is 1. The third-order valence-corrected chi connectivity index (χ3v) is 5.61. The molecule has 0 aromatic heterocycles. The molecule has 0 spiro atoms. The Morgan fingerprint density at radius 3 is 2.70 bits per heavy atom. The number of anilines is 1. The number of amides is 1. The van der Waals surface area contributed by atoms with Gasteiger partial charge in [-0.2, -0.15) is 0 Å². The number of rotatable bonds is 2. The lowest BCUT2D eigenvalue weighted by atomic mass is 9.80. The van der Waals surface area contributed by atoms with Crippen LogP contribution in [0.3, 0.4) is 0 Å². The summed E-state index contributed by atoms with van der Waals surface area (Å²) in [7, 11) is 1.61. The number of halogens is 2. The van der Waals surface area contributed by atoms with E-state index in [1.54, 1.807) is 7.11 Å². The van der Waals surface area contributed by atoms with E-state index in [1.165, 1.54) is 18.2 Å². The molecule has 0 saturated carbocycles. The Balaban J connectivity index is 1.96. The van der Waals surface area contributed by atoms with E-state index in [2.05, 4.69) is 25.8 Å². The molecule has 0 bridgehead atoms. The van der Waals surface area contributed by atoms with Crippen LogP contribution in [-0.2, 0) is 4.79 Å². The molecular weight excluding hydrogens is 367 g/mol. The molecule has 0 radical (unpaired) electrons. The van der Waals surface area contributed by atoms with E-state index in [9.17, 15) is 9.18 Å². The number of hydrogen-bond acceptors (Lipinski definition) is 3. The molecule has 2 aromatic rings. The summed E-state index contributed by atoms with van der Waals surface area (Å²) in [5, 5.41) is -0.0241. The first-order valence-electron chi connectivity index (χ1n) is 8.83. The minimum atomic E-state index is -0.516. The van der Waals surface area contributed by atoms with Crippen LogP contribution in [0.25, 0.3) is 0 Å². The largest absolute Gasteiger partial charge is 0.497 e. The fraction of sp³-hybridized carbons (Fsp3) is 0.333. The van der Waals surface area contributed by atoms with Gasteiger partial charge in [-0.15, -0.1) is 0 Å². The molecule has 4 rings (SSSR count). The highest BCUT2D eigenvalue weighted by molar-refractivity contribution is 6.55. The minimum Gasteiger partial charge on any atom is -0.497 e. The molecule has 1 amide bonds. The number of benzene rings is 2. The molecule has 0 fully saturated rings. The maximum Gasteiger partial charge on any atom is 0.278 e. The summed E-state index contributed by atoms with van der Waals surface area (Å²) in [4.78, 5) is 19.7. The van der Waals surface area contributed by atoms with E-state index >= 15 is 0 Å². The van der Waals surface area contributed by atoms with Gasteiger partial charge < -0.3 is 9.64 Å². The van der Waals surface area contributed by atoms with Gasteiger partial charge in [0.15, 0.2) is 0 Å². The molecule has 6 heteroatoms. The summed E-state index contributed by atoms with van der Waals surface area (Å²) in [5.41, 5.74) is 3.16. The van der Waals surface area contributed by atoms with Crippen LogP contribution in [0, 0.1) is 5.82 Å². The Hall–Kier alpha value is -2.40. The van der Waals surface area contributed by atoms with Gasteiger partial charge in [-0.05, 0) is 62.1 Å². The Morgan fingerprint density at radius 2 is 2.04 bits per heavy atom. The van der Waals surface area contributed by atoms with Crippen LogP contribution in [0.15, 0.2) is 35.3 Å². The van der Waals surface area contributed by atoms with Gasteiger partial charge in [0.2, 0.25) is 0 Å². The molecule has 4 nitrogen and oxygen atoms in total. The molecule has 2 aliphatic rings. The standard InChI is InChI=1S/C21H20ClFN2O2/c1-11-10-21(2,3)25-19-14(11)8-13(27-4)9-15(19)18(20(25)26)24-12-5-6-17(23)16(22)7-12/h5-9,11H,10H2,1-4H3. The summed E-state index contributed by atoms with van der Waals surface area (Å²) in [6.07, 6.45) is 0.841. The van der Waals surface area contributed by atoms with Gasteiger partial charge in [-0.3, -0.25) is 4.79 Å². The highest BCUT2D eigenvalue weighted by Gasteiger charge is 2.48. The third kappa shape index (κ3) is 2.72. The van der Waals surface area contributed by atoms with Crippen molar-refractivity contribution in [3.05, 3.63) is 52.3 Å². The predicted octanol–water partition coefficient (Wildman–Crippen LogP) is 5.24. The van der Waals surface area contributed by atoms with Gasteiger partial charge in [-0.25, -0.2) is 9.38 Å². The minimum absolute atomic E-state index is 0.0241. The average Bonchev–Trinajstić information content (AvgIpc) is 2.89. The van der Waals surface area contributed by atoms with Gasteiger partial charge in [0.05, 0.1) is 23.5 Å². The highest BCUT2D eigenvalue weighted by atomic mass is 35.5. The molecule has 0 aliphatic carbocycles. The summed E-state index contributed by atoms with van der Waals surface area (Å²) >= 11 is 5.88. The maximum atomic E-state index is 13.5. The van der Waals surface area contributed by atoms with E-state index in [0.717, 1.165) is 23.2 Å². The Morgan fingerprint density at radius 1 is 1.30 bits per heavy atom. The van der Waals surface area contributed by atoms with E-state index in [-0.39, 0.29) is 22.4 Å². The monoisotopic (exact) mass is 386 g/mol. The van der Waals surface area contributed by atoms with Crippen LogP contribution >= 0.6 is 11.6 Å². The van der Waals surface area contributed by atoms with Gasteiger partial charge in [0.25, 0.3) is 5.91 Å². The molecule has 2 aromatic carbocycles. The number of carbonyl (C=O) groups is 1. The zero-order chi connectivity index (χ0) is 19.5. The maximum absolute atomic E-state index is 13.5. The highest BCUT2D eigenvalue weighted by Crippen LogP contribution is 2.50. The molecule has 140 valence electrons. The molecule has 27 heavy (non-hydrogen) atoms. The van der Waals surface area contributed by atoms with Gasteiger partial charge in [0, 0.05) is 11.1 Å². The molecular formula is C21H20ClFN2O2. The van der Waals surface area contributed by atoms with Crippen LogP contribution in [0.5, 0.6) is 5.75 Å². The lowest BCUT2D eigenvalue weighted by molar-refractivity contribution is -0.113. The van der Waals surface area contributed by atoms with E-state index in [4.69, 9.17) is 16.3 Å². The van der Waals surface area contributed by atoms with Crippen molar-refractivity contribution in [2.75, 3.05) is 12.0 Å². The second kappa shape index (κ2) is 6.06. The fourth-order valence-electron chi connectivity index (χ4n) is 4.20. The Labute approximate surface area is 162 Å². The fourth-order valence-corrected chi connectivity index (χ4v) is 4.37. The normalized spacial score (nSPS) is 21.6. The third-order valence-electron chi connectivity index (χ3n) is 5.32. The summed E-state index contributed by atoms with van der Waals surface area (Å²) in [6, 6.07) is 8.03. The predicted molar refractivity (Wildman–Crippen MR) is 105 cm³/mol. The van der Waals surface area contributed by atoms with Gasteiger partial charge >= 0.3 is 0 Å².